The van der Waals surface area contributed by atoms with Crippen LogP contribution in [0.15, 0.2) is 18.5 Å². The molecular formula is C20H29N7O3. The maximum atomic E-state index is 13.1. The predicted octanol–water partition coefficient (Wildman–Crippen LogP) is 2.71. The number of amides is 1. The summed E-state index contributed by atoms with van der Waals surface area (Å²) >= 11 is 0. The number of carbonyl (C=O) groups is 1. The summed E-state index contributed by atoms with van der Waals surface area (Å²) in [5.41, 5.74) is -0.0370. The van der Waals surface area contributed by atoms with Crippen molar-refractivity contribution in [3.63, 3.8) is 0 Å². The molecule has 10 nitrogen and oxygen atoms in total. The summed E-state index contributed by atoms with van der Waals surface area (Å²) in [6, 6.07) is 1.38. The Kier molecular flexibility index (Phi) is 6.53. The SMILES string of the molecule is CNc1nc(N(C)Cc2nccn2C)c(C(=O)NC2CCC(C)CC2)cc1[N+](=O)[O-]. The van der Waals surface area contributed by atoms with Gasteiger partial charge in [-0.15, -0.1) is 0 Å². The van der Waals surface area contributed by atoms with Crippen LogP contribution in [0.2, 0.25) is 0 Å². The second kappa shape index (κ2) is 9.10. The first-order chi connectivity index (χ1) is 14.3. The van der Waals surface area contributed by atoms with Gasteiger partial charge in [0.05, 0.1) is 17.0 Å². The van der Waals surface area contributed by atoms with Gasteiger partial charge in [0.15, 0.2) is 0 Å². The van der Waals surface area contributed by atoms with Crippen LogP contribution >= 0.6 is 0 Å². The molecule has 0 unspecified atom stereocenters. The van der Waals surface area contributed by atoms with Gasteiger partial charge in [-0.3, -0.25) is 14.9 Å². The molecule has 10 heteroatoms. The molecule has 2 N–H and O–H groups in total. The second-order valence-electron chi connectivity index (χ2n) is 7.98. The Bertz CT molecular complexity index is 919. The zero-order valence-electron chi connectivity index (χ0n) is 17.9. The molecule has 30 heavy (non-hydrogen) atoms. The highest BCUT2D eigenvalue weighted by atomic mass is 16.6. The molecule has 3 rings (SSSR count). The minimum absolute atomic E-state index is 0.0735. The summed E-state index contributed by atoms with van der Waals surface area (Å²) in [5.74, 6) is 1.60. The molecule has 0 bridgehead atoms. The van der Waals surface area contributed by atoms with E-state index in [1.165, 1.54) is 6.07 Å². The Labute approximate surface area is 175 Å². The number of hydrogen-bond acceptors (Lipinski definition) is 7. The molecule has 0 aromatic carbocycles. The van der Waals surface area contributed by atoms with Crippen LogP contribution in [0, 0.1) is 16.0 Å². The molecule has 2 heterocycles. The third-order valence-electron chi connectivity index (χ3n) is 5.67. The van der Waals surface area contributed by atoms with Crippen LogP contribution in [0.5, 0.6) is 0 Å². The normalized spacial score (nSPS) is 18.7. The largest absolute Gasteiger partial charge is 0.367 e. The molecule has 1 amide bonds. The van der Waals surface area contributed by atoms with Crippen LogP contribution < -0.4 is 15.5 Å². The first kappa shape index (κ1) is 21.5. The zero-order chi connectivity index (χ0) is 21.8. The minimum atomic E-state index is -0.527. The molecule has 0 saturated heterocycles. The Morgan fingerprint density at radius 2 is 2.07 bits per heavy atom. The van der Waals surface area contributed by atoms with E-state index in [0.29, 0.717) is 18.3 Å². The highest BCUT2D eigenvalue weighted by Crippen LogP contribution is 2.31. The first-order valence-electron chi connectivity index (χ1n) is 10.2. The molecule has 0 atom stereocenters. The Morgan fingerprint density at radius 3 is 2.63 bits per heavy atom. The molecule has 1 aliphatic carbocycles. The Morgan fingerprint density at radius 1 is 1.37 bits per heavy atom. The molecule has 0 aliphatic heterocycles. The number of anilines is 2. The van der Waals surface area contributed by atoms with Gasteiger partial charge in [0, 0.05) is 45.6 Å². The van der Waals surface area contributed by atoms with Crippen LogP contribution in [0.4, 0.5) is 17.3 Å². The van der Waals surface area contributed by atoms with E-state index in [9.17, 15) is 14.9 Å². The van der Waals surface area contributed by atoms with Gasteiger partial charge in [-0.05, 0) is 31.6 Å². The molecule has 162 valence electrons. The van der Waals surface area contributed by atoms with Crippen molar-refractivity contribution in [1.82, 2.24) is 19.9 Å². The van der Waals surface area contributed by atoms with Gasteiger partial charge in [-0.25, -0.2) is 9.97 Å². The number of carbonyl (C=O) groups excluding carboxylic acids is 1. The molecule has 2 aromatic heterocycles. The maximum absolute atomic E-state index is 13.1. The Balaban J connectivity index is 1.93. The van der Waals surface area contributed by atoms with E-state index in [2.05, 4.69) is 27.5 Å². The van der Waals surface area contributed by atoms with Gasteiger partial charge in [-0.1, -0.05) is 6.92 Å². The Hall–Kier alpha value is -3.17. The van der Waals surface area contributed by atoms with Crippen molar-refractivity contribution in [3.8, 4) is 0 Å². The number of pyridine rings is 1. The molecule has 0 radical (unpaired) electrons. The van der Waals surface area contributed by atoms with E-state index in [0.717, 1.165) is 31.5 Å². The number of aryl methyl sites for hydroxylation is 1. The highest BCUT2D eigenvalue weighted by molar-refractivity contribution is 6.00. The average Bonchev–Trinajstić information content (AvgIpc) is 3.12. The van der Waals surface area contributed by atoms with Crippen LogP contribution in [0.3, 0.4) is 0 Å². The van der Waals surface area contributed by atoms with Gasteiger partial charge >= 0.3 is 5.69 Å². The van der Waals surface area contributed by atoms with Crippen molar-refractivity contribution in [2.45, 2.75) is 45.2 Å². The molecule has 1 aliphatic rings. The fraction of sp³-hybridized carbons (Fsp3) is 0.550. The van der Waals surface area contributed by atoms with E-state index in [-0.39, 0.29) is 29.0 Å². The number of nitro groups is 1. The fourth-order valence-corrected chi connectivity index (χ4v) is 3.78. The first-order valence-corrected chi connectivity index (χ1v) is 10.2. The lowest BCUT2D eigenvalue weighted by molar-refractivity contribution is -0.384. The van der Waals surface area contributed by atoms with Crippen LogP contribution in [0.25, 0.3) is 0 Å². The van der Waals surface area contributed by atoms with Gasteiger partial charge in [-0.2, -0.15) is 0 Å². The third-order valence-corrected chi connectivity index (χ3v) is 5.67. The lowest BCUT2D eigenvalue weighted by atomic mass is 9.87. The quantitative estimate of drug-likeness (QED) is 0.527. The topological polar surface area (TPSA) is 118 Å². The number of rotatable bonds is 7. The monoisotopic (exact) mass is 415 g/mol. The van der Waals surface area contributed by atoms with Gasteiger partial charge in [0.25, 0.3) is 5.91 Å². The highest BCUT2D eigenvalue weighted by Gasteiger charge is 2.27. The standard InChI is InChI=1S/C20H29N7O3/c1-13-5-7-14(8-6-13)23-20(28)15-11-16(27(29)30)18(21-2)24-19(15)26(4)12-17-22-9-10-25(17)3/h9-11,13-14H,5-8,12H2,1-4H3,(H,21,24)(H,23,28). The number of hydrogen-bond donors (Lipinski definition) is 2. The number of nitrogens with zero attached hydrogens (tertiary/aromatic N) is 5. The lowest BCUT2D eigenvalue weighted by Crippen LogP contribution is -2.38. The van der Waals surface area contributed by atoms with Gasteiger partial charge in [0.2, 0.25) is 5.82 Å². The van der Waals surface area contributed by atoms with Crippen molar-refractivity contribution in [2.75, 3.05) is 24.3 Å². The molecule has 1 saturated carbocycles. The van der Waals surface area contributed by atoms with Crippen molar-refractivity contribution in [2.24, 2.45) is 13.0 Å². The van der Waals surface area contributed by atoms with Crippen molar-refractivity contribution >= 4 is 23.2 Å². The van der Waals surface area contributed by atoms with Crippen LogP contribution in [-0.4, -0.2) is 45.5 Å². The lowest BCUT2D eigenvalue weighted by Gasteiger charge is -2.28. The maximum Gasteiger partial charge on any atom is 0.312 e. The number of nitrogens with one attached hydrogen (secondary N) is 2. The molecular weight excluding hydrogens is 386 g/mol. The van der Waals surface area contributed by atoms with E-state index < -0.39 is 4.92 Å². The van der Waals surface area contributed by atoms with Gasteiger partial charge < -0.3 is 20.1 Å². The molecule has 0 spiro atoms. The van der Waals surface area contributed by atoms with Crippen LogP contribution in [0.1, 0.15) is 48.8 Å². The summed E-state index contributed by atoms with van der Waals surface area (Å²) in [4.78, 5) is 34.6. The van der Waals surface area contributed by atoms with E-state index in [1.807, 2.05) is 17.8 Å². The van der Waals surface area contributed by atoms with E-state index >= 15 is 0 Å². The average molecular weight is 415 g/mol. The number of imidazole rings is 1. The number of aromatic nitrogens is 3. The molecule has 2 aromatic rings. The summed E-state index contributed by atoms with van der Waals surface area (Å²) in [6.45, 7) is 2.62. The smallest absolute Gasteiger partial charge is 0.312 e. The summed E-state index contributed by atoms with van der Waals surface area (Å²) in [7, 11) is 5.25. The second-order valence-corrected chi connectivity index (χ2v) is 7.98. The summed E-state index contributed by atoms with van der Waals surface area (Å²) in [6.07, 6.45) is 7.49. The van der Waals surface area contributed by atoms with E-state index in [1.54, 1.807) is 25.2 Å². The van der Waals surface area contributed by atoms with Crippen LogP contribution in [-0.2, 0) is 13.6 Å². The van der Waals surface area contributed by atoms with Gasteiger partial charge in [0.1, 0.15) is 11.6 Å². The third kappa shape index (κ3) is 4.69. The zero-order valence-corrected chi connectivity index (χ0v) is 17.9. The van der Waals surface area contributed by atoms with Crippen molar-refractivity contribution in [1.29, 1.82) is 0 Å². The van der Waals surface area contributed by atoms with Crippen molar-refractivity contribution < 1.29 is 9.72 Å². The minimum Gasteiger partial charge on any atom is -0.367 e. The van der Waals surface area contributed by atoms with Crippen molar-refractivity contribution in [3.05, 3.63) is 40.0 Å². The predicted molar refractivity (Wildman–Crippen MR) is 115 cm³/mol. The molecule has 1 fully saturated rings. The van der Waals surface area contributed by atoms with E-state index in [4.69, 9.17) is 0 Å². The summed E-state index contributed by atoms with van der Waals surface area (Å²) in [5, 5.41) is 17.3. The summed E-state index contributed by atoms with van der Waals surface area (Å²) < 4.78 is 1.88. The fourth-order valence-electron chi connectivity index (χ4n) is 3.78.